The number of halogens is 2. The lowest BCUT2D eigenvalue weighted by Gasteiger charge is -2.30. The van der Waals surface area contributed by atoms with E-state index in [9.17, 15) is 4.39 Å². The van der Waals surface area contributed by atoms with Crippen LogP contribution >= 0.6 is 11.6 Å². The van der Waals surface area contributed by atoms with Crippen LogP contribution in [0.5, 0.6) is 0 Å². The fourth-order valence-corrected chi connectivity index (χ4v) is 2.61. The number of nitrogens with one attached hydrogen (secondary N) is 1. The first-order chi connectivity index (χ1) is 7.20. The zero-order valence-electron chi connectivity index (χ0n) is 8.76. The monoisotopic (exact) mass is 227 g/mol. The third kappa shape index (κ3) is 2.16. The first kappa shape index (κ1) is 10.9. The maximum atomic E-state index is 13.7. The summed E-state index contributed by atoms with van der Waals surface area (Å²) in [4.78, 5) is 0. The Balaban J connectivity index is 2.35. The van der Waals surface area contributed by atoms with Gasteiger partial charge in [0.05, 0.1) is 0 Å². The second-order valence-electron chi connectivity index (χ2n) is 4.21. The molecule has 0 amide bonds. The van der Waals surface area contributed by atoms with Crippen molar-refractivity contribution in [3.05, 3.63) is 34.6 Å². The van der Waals surface area contributed by atoms with Gasteiger partial charge >= 0.3 is 0 Å². The maximum absolute atomic E-state index is 13.7. The number of piperidine rings is 1. The fourth-order valence-electron chi connectivity index (χ4n) is 2.31. The summed E-state index contributed by atoms with van der Waals surface area (Å²) in [6.45, 7) is 4.02. The maximum Gasteiger partial charge on any atom is 0.128 e. The lowest BCUT2D eigenvalue weighted by molar-refractivity contribution is 0.342. The van der Waals surface area contributed by atoms with Crippen LogP contribution in [0.3, 0.4) is 0 Å². The number of hydrogen-bond acceptors (Lipinski definition) is 1. The molecule has 3 heteroatoms. The molecular formula is C12H15ClFN. The van der Waals surface area contributed by atoms with Crippen molar-refractivity contribution in [2.24, 2.45) is 5.92 Å². The standard InChI is InChI=1S/C12H15ClFN/c1-8-7-15-6-5-9(8)12-10(13)3-2-4-11(12)14/h2-4,8-9,15H,5-7H2,1H3. The van der Waals surface area contributed by atoms with Crippen LogP contribution in [0.4, 0.5) is 4.39 Å². The van der Waals surface area contributed by atoms with Crippen molar-refractivity contribution in [3.63, 3.8) is 0 Å². The highest BCUT2D eigenvalue weighted by Crippen LogP contribution is 2.35. The first-order valence-corrected chi connectivity index (χ1v) is 5.72. The Hall–Kier alpha value is -0.600. The Kier molecular flexibility index (Phi) is 3.27. The number of rotatable bonds is 1. The molecule has 15 heavy (non-hydrogen) atoms. The summed E-state index contributed by atoms with van der Waals surface area (Å²) in [5.41, 5.74) is 0.702. The lowest BCUT2D eigenvalue weighted by Crippen LogP contribution is -2.34. The molecule has 2 rings (SSSR count). The lowest BCUT2D eigenvalue weighted by atomic mass is 9.82. The van der Waals surface area contributed by atoms with Gasteiger partial charge in [0, 0.05) is 10.6 Å². The molecule has 1 heterocycles. The SMILES string of the molecule is CC1CNCCC1c1c(F)cccc1Cl. The van der Waals surface area contributed by atoms with Crippen LogP contribution in [0.1, 0.15) is 24.8 Å². The molecule has 1 aliphatic heterocycles. The minimum Gasteiger partial charge on any atom is -0.316 e. The van der Waals surface area contributed by atoms with Crippen LogP contribution in [0, 0.1) is 11.7 Å². The molecule has 0 aromatic heterocycles. The van der Waals surface area contributed by atoms with E-state index in [-0.39, 0.29) is 11.7 Å². The molecule has 1 fully saturated rings. The molecule has 0 aliphatic carbocycles. The molecule has 1 aromatic rings. The van der Waals surface area contributed by atoms with Crippen molar-refractivity contribution < 1.29 is 4.39 Å². The summed E-state index contributed by atoms with van der Waals surface area (Å²) in [5.74, 6) is 0.523. The van der Waals surface area contributed by atoms with E-state index in [1.807, 2.05) is 0 Å². The normalized spacial score (nSPS) is 26.6. The molecule has 0 radical (unpaired) electrons. The van der Waals surface area contributed by atoms with E-state index in [0.717, 1.165) is 19.5 Å². The van der Waals surface area contributed by atoms with Gasteiger partial charge in [-0.25, -0.2) is 4.39 Å². The van der Waals surface area contributed by atoms with Gasteiger partial charge in [-0.2, -0.15) is 0 Å². The Bertz CT molecular complexity index is 333. The first-order valence-electron chi connectivity index (χ1n) is 5.34. The van der Waals surface area contributed by atoms with Crippen molar-refractivity contribution in [2.45, 2.75) is 19.3 Å². The van der Waals surface area contributed by atoms with Crippen LogP contribution in [0.2, 0.25) is 5.02 Å². The van der Waals surface area contributed by atoms with E-state index in [2.05, 4.69) is 12.2 Å². The highest BCUT2D eigenvalue weighted by molar-refractivity contribution is 6.31. The average Bonchev–Trinajstić information content (AvgIpc) is 2.20. The highest BCUT2D eigenvalue weighted by atomic mass is 35.5. The molecule has 1 aliphatic rings. The molecule has 1 N–H and O–H groups in total. The third-order valence-electron chi connectivity index (χ3n) is 3.16. The highest BCUT2D eigenvalue weighted by Gasteiger charge is 2.26. The Morgan fingerprint density at radius 2 is 2.27 bits per heavy atom. The van der Waals surface area contributed by atoms with Crippen LogP contribution in [-0.4, -0.2) is 13.1 Å². The van der Waals surface area contributed by atoms with Crippen molar-refractivity contribution in [3.8, 4) is 0 Å². The smallest absolute Gasteiger partial charge is 0.128 e. The predicted octanol–water partition coefficient (Wildman–Crippen LogP) is 3.19. The molecule has 1 aromatic carbocycles. The van der Waals surface area contributed by atoms with E-state index < -0.39 is 0 Å². The van der Waals surface area contributed by atoms with Gasteiger partial charge in [-0.05, 0) is 43.5 Å². The Morgan fingerprint density at radius 1 is 1.47 bits per heavy atom. The van der Waals surface area contributed by atoms with Crippen LogP contribution in [-0.2, 0) is 0 Å². The summed E-state index contributed by atoms with van der Waals surface area (Å²) in [5, 5.41) is 3.87. The molecule has 82 valence electrons. The third-order valence-corrected chi connectivity index (χ3v) is 3.49. The molecule has 0 saturated carbocycles. The summed E-state index contributed by atoms with van der Waals surface area (Å²) in [7, 11) is 0. The molecule has 0 bridgehead atoms. The number of hydrogen-bond donors (Lipinski definition) is 1. The van der Waals surface area contributed by atoms with Gasteiger partial charge in [-0.15, -0.1) is 0 Å². The van der Waals surface area contributed by atoms with E-state index in [0.29, 0.717) is 16.5 Å². The molecule has 1 nitrogen and oxygen atoms in total. The van der Waals surface area contributed by atoms with Gasteiger partial charge in [0.2, 0.25) is 0 Å². The Labute approximate surface area is 94.6 Å². The summed E-state index contributed by atoms with van der Waals surface area (Å²) >= 11 is 6.07. The van der Waals surface area contributed by atoms with E-state index >= 15 is 0 Å². The zero-order valence-corrected chi connectivity index (χ0v) is 9.52. The Morgan fingerprint density at radius 3 is 2.93 bits per heavy atom. The molecular weight excluding hydrogens is 213 g/mol. The van der Waals surface area contributed by atoms with Crippen LogP contribution in [0.25, 0.3) is 0 Å². The van der Waals surface area contributed by atoms with Crippen molar-refractivity contribution in [1.82, 2.24) is 5.32 Å². The van der Waals surface area contributed by atoms with Crippen LogP contribution < -0.4 is 5.32 Å². The quantitative estimate of drug-likeness (QED) is 0.777. The van der Waals surface area contributed by atoms with E-state index in [1.165, 1.54) is 6.07 Å². The predicted molar refractivity (Wildman–Crippen MR) is 60.8 cm³/mol. The minimum absolute atomic E-state index is 0.166. The molecule has 2 atom stereocenters. The van der Waals surface area contributed by atoms with Gasteiger partial charge in [0.25, 0.3) is 0 Å². The summed E-state index contributed by atoms with van der Waals surface area (Å²) < 4.78 is 13.7. The van der Waals surface area contributed by atoms with Crippen molar-refractivity contribution in [1.29, 1.82) is 0 Å². The van der Waals surface area contributed by atoms with Gasteiger partial charge < -0.3 is 5.32 Å². The second kappa shape index (κ2) is 4.50. The fraction of sp³-hybridized carbons (Fsp3) is 0.500. The van der Waals surface area contributed by atoms with Gasteiger partial charge in [-0.1, -0.05) is 24.6 Å². The topological polar surface area (TPSA) is 12.0 Å². The van der Waals surface area contributed by atoms with Gasteiger partial charge in [-0.3, -0.25) is 0 Å². The largest absolute Gasteiger partial charge is 0.316 e. The summed E-state index contributed by atoms with van der Waals surface area (Å²) in [6, 6.07) is 4.93. The van der Waals surface area contributed by atoms with Crippen molar-refractivity contribution in [2.75, 3.05) is 13.1 Å². The van der Waals surface area contributed by atoms with Gasteiger partial charge in [0.15, 0.2) is 0 Å². The average molecular weight is 228 g/mol. The van der Waals surface area contributed by atoms with Crippen molar-refractivity contribution >= 4 is 11.6 Å². The second-order valence-corrected chi connectivity index (χ2v) is 4.62. The molecule has 0 spiro atoms. The molecule has 1 saturated heterocycles. The van der Waals surface area contributed by atoms with E-state index in [4.69, 9.17) is 11.6 Å². The summed E-state index contributed by atoms with van der Waals surface area (Å²) in [6.07, 6.45) is 0.960. The molecule has 2 unspecified atom stereocenters. The zero-order chi connectivity index (χ0) is 10.8. The minimum atomic E-state index is -0.166. The van der Waals surface area contributed by atoms with E-state index in [1.54, 1.807) is 12.1 Å². The number of benzene rings is 1. The van der Waals surface area contributed by atoms with Gasteiger partial charge in [0.1, 0.15) is 5.82 Å². The van der Waals surface area contributed by atoms with Crippen LogP contribution in [0.15, 0.2) is 18.2 Å².